The van der Waals surface area contributed by atoms with Crippen LogP contribution in [-0.2, 0) is 4.79 Å². The number of fused-ring (bicyclic) bond motifs is 1. The first-order valence-electron chi connectivity index (χ1n) is 2.68. The number of aliphatic imine (C=N–C) groups is 1. The molecule has 2 aliphatic rings. The van der Waals surface area contributed by atoms with Crippen LogP contribution in [0.5, 0.6) is 0 Å². The molecule has 0 radical (unpaired) electrons. The van der Waals surface area contributed by atoms with Gasteiger partial charge in [0.2, 0.25) is 0 Å². The van der Waals surface area contributed by atoms with E-state index in [9.17, 15) is 4.79 Å². The molecule has 2 rings (SSSR count). The first-order valence-corrected chi connectivity index (χ1v) is 2.68. The summed E-state index contributed by atoms with van der Waals surface area (Å²) in [7, 11) is 0. The van der Waals surface area contributed by atoms with E-state index >= 15 is 0 Å². The quantitative estimate of drug-likeness (QED) is 0.461. The van der Waals surface area contributed by atoms with Gasteiger partial charge in [-0.1, -0.05) is 0 Å². The van der Waals surface area contributed by atoms with Crippen molar-refractivity contribution >= 4 is 11.7 Å². The lowest BCUT2D eigenvalue weighted by atomic mass is 10.6. The Hall–Kier alpha value is -1.32. The van der Waals surface area contributed by atoms with Crippen LogP contribution in [0.25, 0.3) is 0 Å². The van der Waals surface area contributed by atoms with Gasteiger partial charge in [-0.05, 0) is 0 Å². The smallest absolute Gasteiger partial charge is 0.269 e. The fourth-order valence-corrected chi connectivity index (χ4v) is 0.881. The van der Waals surface area contributed by atoms with Crippen LogP contribution in [0.3, 0.4) is 0 Å². The van der Waals surface area contributed by atoms with Crippen LogP contribution in [0.15, 0.2) is 17.3 Å². The van der Waals surface area contributed by atoms with Crippen LogP contribution in [0.4, 0.5) is 0 Å². The zero-order valence-corrected chi connectivity index (χ0v) is 4.66. The predicted molar refractivity (Wildman–Crippen MR) is 31.4 cm³/mol. The Morgan fingerprint density at radius 1 is 1.78 bits per heavy atom. The fraction of sp³-hybridized carbons (Fsp3) is 0.200. The number of nitrogens with one attached hydrogen (secondary N) is 1. The molecule has 2 aliphatic heterocycles. The van der Waals surface area contributed by atoms with Crippen LogP contribution in [0, 0.1) is 0 Å². The van der Waals surface area contributed by atoms with Crippen molar-refractivity contribution in [3.05, 3.63) is 12.3 Å². The Labute approximate surface area is 51.8 Å². The summed E-state index contributed by atoms with van der Waals surface area (Å²) in [6, 6.07) is 0. The fourth-order valence-electron chi connectivity index (χ4n) is 0.881. The monoisotopic (exact) mass is 123 g/mol. The Bertz CT molecular complexity index is 218. The molecule has 0 aliphatic carbocycles. The summed E-state index contributed by atoms with van der Waals surface area (Å²) in [5.41, 5.74) is 2.85. The lowest BCUT2D eigenvalue weighted by molar-refractivity contribution is -0.117. The van der Waals surface area contributed by atoms with Crippen LogP contribution >= 0.6 is 0 Å². The first-order chi connectivity index (χ1) is 4.36. The molecule has 46 valence electrons. The van der Waals surface area contributed by atoms with E-state index in [1.165, 1.54) is 0 Å². The van der Waals surface area contributed by atoms with Gasteiger partial charge in [0.1, 0.15) is 6.54 Å². The Kier molecular flexibility index (Phi) is 0.677. The average Bonchev–Trinajstić information content (AvgIpc) is 2.22. The molecule has 0 aromatic heterocycles. The molecule has 0 aromatic carbocycles. The highest BCUT2D eigenvalue weighted by atomic mass is 16.2. The van der Waals surface area contributed by atoms with Gasteiger partial charge in [0.15, 0.2) is 5.84 Å². The normalized spacial score (nSPS) is 22.0. The van der Waals surface area contributed by atoms with Crippen molar-refractivity contribution in [3.63, 3.8) is 0 Å². The molecule has 1 amide bonds. The van der Waals surface area contributed by atoms with Gasteiger partial charge in [-0.2, -0.15) is 4.99 Å². The summed E-state index contributed by atoms with van der Waals surface area (Å²) in [4.78, 5) is 14.3. The van der Waals surface area contributed by atoms with Gasteiger partial charge >= 0.3 is 0 Å². The molecule has 0 spiro atoms. The van der Waals surface area contributed by atoms with Gasteiger partial charge in [-0.25, -0.2) is 0 Å². The number of carbonyl (C=O) groups is 1. The minimum absolute atomic E-state index is 0.0816. The molecule has 0 saturated carbocycles. The van der Waals surface area contributed by atoms with Crippen molar-refractivity contribution in [1.82, 2.24) is 10.4 Å². The minimum Gasteiger partial charge on any atom is -0.304 e. The Balaban J connectivity index is 2.36. The van der Waals surface area contributed by atoms with E-state index in [1.54, 1.807) is 17.3 Å². The summed E-state index contributed by atoms with van der Waals surface area (Å²) in [5, 5.41) is 1.70. The number of amides is 1. The average molecular weight is 123 g/mol. The highest BCUT2D eigenvalue weighted by Crippen LogP contribution is 2.04. The maximum Gasteiger partial charge on any atom is 0.269 e. The van der Waals surface area contributed by atoms with E-state index in [4.69, 9.17) is 0 Å². The summed E-state index contributed by atoms with van der Waals surface area (Å²) < 4.78 is 0. The molecule has 4 nitrogen and oxygen atoms in total. The molecular formula is C5H5N3O. The van der Waals surface area contributed by atoms with Crippen molar-refractivity contribution in [2.24, 2.45) is 4.99 Å². The summed E-state index contributed by atoms with van der Waals surface area (Å²) >= 11 is 0. The molecule has 0 atom stereocenters. The third-order valence-corrected chi connectivity index (χ3v) is 1.27. The maximum atomic E-state index is 10.6. The Morgan fingerprint density at radius 3 is 3.44 bits per heavy atom. The number of hydrogen-bond donors (Lipinski definition) is 1. The molecule has 0 fully saturated rings. The molecule has 9 heavy (non-hydrogen) atoms. The number of amidine groups is 1. The number of rotatable bonds is 0. The van der Waals surface area contributed by atoms with Crippen molar-refractivity contribution in [1.29, 1.82) is 0 Å². The van der Waals surface area contributed by atoms with Gasteiger partial charge < -0.3 is 5.43 Å². The maximum absolute atomic E-state index is 10.6. The standard InChI is InChI=1S/C5H5N3O/c9-5-3-8-4(7-5)1-2-6-8/h1-2,6H,3H2. The number of carbonyl (C=O) groups excluding carboxylic acids is 1. The van der Waals surface area contributed by atoms with E-state index in [0.29, 0.717) is 6.54 Å². The van der Waals surface area contributed by atoms with Crippen molar-refractivity contribution in [2.75, 3.05) is 6.54 Å². The largest absolute Gasteiger partial charge is 0.304 e. The highest BCUT2D eigenvalue weighted by Gasteiger charge is 2.22. The van der Waals surface area contributed by atoms with Gasteiger partial charge in [0.25, 0.3) is 5.91 Å². The topological polar surface area (TPSA) is 44.7 Å². The molecule has 0 unspecified atom stereocenters. The van der Waals surface area contributed by atoms with E-state index in [-0.39, 0.29) is 5.91 Å². The van der Waals surface area contributed by atoms with Gasteiger partial charge in [0, 0.05) is 12.3 Å². The number of hydrazine groups is 1. The predicted octanol–water partition coefficient (Wildman–Crippen LogP) is -0.741. The number of hydrogen-bond acceptors (Lipinski definition) is 3. The summed E-state index contributed by atoms with van der Waals surface area (Å²) in [5.74, 6) is 0.641. The van der Waals surface area contributed by atoms with Crippen molar-refractivity contribution in [2.45, 2.75) is 0 Å². The lowest BCUT2D eigenvalue weighted by Gasteiger charge is -2.09. The zero-order valence-electron chi connectivity index (χ0n) is 4.66. The third-order valence-electron chi connectivity index (χ3n) is 1.27. The van der Waals surface area contributed by atoms with Crippen molar-refractivity contribution in [3.8, 4) is 0 Å². The van der Waals surface area contributed by atoms with Crippen LogP contribution in [0.1, 0.15) is 0 Å². The van der Waals surface area contributed by atoms with E-state index in [1.807, 2.05) is 0 Å². The molecule has 2 heterocycles. The van der Waals surface area contributed by atoms with Crippen LogP contribution in [0.2, 0.25) is 0 Å². The number of nitrogens with zero attached hydrogens (tertiary/aromatic N) is 2. The molecule has 4 heteroatoms. The lowest BCUT2D eigenvalue weighted by Crippen LogP contribution is -2.32. The second kappa shape index (κ2) is 1.34. The minimum atomic E-state index is -0.0816. The molecule has 0 bridgehead atoms. The first kappa shape index (κ1) is 4.55. The Morgan fingerprint density at radius 2 is 2.67 bits per heavy atom. The second-order valence-electron chi connectivity index (χ2n) is 1.91. The van der Waals surface area contributed by atoms with Crippen LogP contribution < -0.4 is 5.43 Å². The van der Waals surface area contributed by atoms with E-state index < -0.39 is 0 Å². The van der Waals surface area contributed by atoms with Gasteiger partial charge in [-0.3, -0.25) is 9.80 Å². The summed E-state index contributed by atoms with van der Waals surface area (Å²) in [6.07, 6.45) is 3.52. The zero-order chi connectivity index (χ0) is 6.27. The highest BCUT2D eigenvalue weighted by molar-refractivity contribution is 6.07. The molecule has 0 aromatic rings. The summed E-state index contributed by atoms with van der Waals surface area (Å²) in [6.45, 7) is 0.363. The van der Waals surface area contributed by atoms with E-state index in [0.717, 1.165) is 5.84 Å². The molecule has 0 saturated heterocycles. The second-order valence-corrected chi connectivity index (χ2v) is 1.91. The van der Waals surface area contributed by atoms with Gasteiger partial charge in [0.05, 0.1) is 0 Å². The third kappa shape index (κ3) is 0.526. The van der Waals surface area contributed by atoms with Crippen molar-refractivity contribution < 1.29 is 4.79 Å². The van der Waals surface area contributed by atoms with E-state index in [2.05, 4.69) is 10.4 Å². The molecular weight excluding hydrogens is 118 g/mol. The van der Waals surface area contributed by atoms with Crippen LogP contribution in [-0.4, -0.2) is 23.3 Å². The van der Waals surface area contributed by atoms with Gasteiger partial charge in [-0.15, -0.1) is 0 Å². The SMILES string of the molecule is O=C1CN2NC=CC2=N1. The molecule has 1 N–H and O–H groups in total.